The molecule has 0 bridgehead atoms. The molecule has 0 saturated heterocycles. The Morgan fingerprint density at radius 2 is 1.74 bits per heavy atom. The van der Waals surface area contributed by atoms with Crippen molar-refractivity contribution in [3.05, 3.63) is 117 Å². The Morgan fingerprint density at radius 3 is 2.48 bits per heavy atom. The molecule has 1 atom stereocenters. The largest absolute Gasteiger partial charge is 0.361 e. The number of aromatic amines is 1. The topological polar surface area (TPSA) is 118 Å². The van der Waals surface area contributed by atoms with E-state index in [9.17, 15) is 9.59 Å². The quantitative estimate of drug-likeness (QED) is 0.244. The first-order valence-electron chi connectivity index (χ1n) is 13.8. The standard InChI is InChI=1S/C32H26ClN7O2/c1-18(39-31-26-24(41)13-14-34-30(26)37-17-38-31)28-27(33)23-12-6-11-22(20-15-35-29(36-16-20)19-7-5-8-19)25(23)32(42)40(28)21-9-3-2-4-10-21/h2-4,6,9-19H,5,7-8H2,1H3,(H2,34,37,38,39,41)/t18-/m0/s1. The number of para-hydroxylation sites is 1. The summed E-state index contributed by atoms with van der Waals surface area (Å²) in [6.07, 6.45) is 9.94. The molecule has 0 spiro atoms. The Hall–Kier alpha value is -4.89. The molecule has 9 nitrogen and oxygen atoms in total. The van der Waals surface area contributed by atoms with Crippen LogP contribution < -0.4 is 16.3 Å². The zero-order valence-electron chi connectivity index (χ0n) is 22.7. The molecule has 0 radical (unpaired) electrons. The van der Waals surface area contributed by atoms with Crippen molar-refractivity contribution in [3.63, 3.8) is 0 Å². The predicted molar refractivity (Wildman–Crippen MR) is 164 cm³/mol. The number of halogens is 1. The van der Waals surface area contributed by atoms with E-state index in [0.29, 0.717) is 55.5 Å². The Morgan fingerprint density at radius 1 is 0.952 bits per heavy atom. The van der Waals surface area contributed by atoms with E-state index in [0.717, 1.165) is 24.2 Å². The number of hydrogen-bond donors (Lipinski definition) is 2. The first-order chi connectivity index (χ1) is 20.5. The maximum Gasteiger partial charge on any atom is 0.263 e. The van der Waals surface area contributed by atoms with Crippen molar-refractivity contribution in [2.75, 3.05) is 5.32 Å². The van der Waals surface area contributed by atoms with Crippen LogP contribution in [0.1, 0.15) is 49.7 Å². The van der Waals surface area contributed by atoms with Crippen molar-refractivity contribution in [1.29, 1.82) is 0 Å². The van der Waals surface area contributed by atoms with Gasteiger partial charge in [0.25, 0.3) is 5.56 Å². The molecule has 1 fully saturated rings. The molecule has 4 heterocycles. The van der Waals surface area contributed by atoms with Crippen molar-refractivity contribution in [1.82, 2.24) is 29.5 Å². The second-order valence-electron chi connectivity index (χ2n) is 10.5. The number of nitrogens with one attached hydrogen (secondary N) is 2. The summed E-state index contributed by atoms with van der Waals surface area (Å²) in [5.41, 5.74) is 2.62. The van der Waals surface area contributed by atoms with Gasteiger partial charge < -0.3 is 10.3 Å². The van der Waals surface area contributed by atoms with Gasteiger partial charge in [-0.1, -0.05) is 54.4 Å². The first-order valence-corrected chi connectivity index (χ1v) is 14.2. The Labute approximate surface area is 245 Å². The maximum absolute atomic E-state index is 14.5. The van der Waals surface area contributed by atoms with Gasteiger partial charge in [0.05, 0.1) is 22.1 Å². The third-order valence-corrected chi connectivity index (χ3v) is 8.36. The van der Waals surface area contributed by atoms with Crippen LogP contribution in [0.3, 0.4) is 0 Å². The molecule has 0 amide bonds. The molecule has 10 heteroatoms. The fourth-order valence-electron chi connectivity index (χ4n) is 5.63. The van der Waals surface area contributed by atoms with Gasteiger partial charge in [-0.2, -0.15) is 0 Å². The minimum atomic E-state index is -0.527. The van der Waals surface area contributed by atoms with Crippen LogP contribution in [0.2, 0.25) is 5.02 Å². The van der Waals surface area contributed by atoms with Gasteiger partial charge in [-0.05, 0) is 37.5 Å². The smallest absolute Gasteiger partial charge is 0.263 e. The molecule has 2 N–H and O–H groups in total. The molecule has 208 valence electrons. The maximum atomic E-state index is 14.5. The SMILES string of the molecule is C[C@H](Nc1ncnc2[nH]ccc(=O)c12)c1c(Cl)c2cccc(-c3cnc(C4CCC4)nc3)c2c(=O)n1-c1ccccc1. The lowest BCUT2D eigenvalue weighted by Crippen LogP contribution is -2.27. The van der Waals surface area contributed by atoms with Gasteiger partial charge in [0.15, 0.2) is 5.43 Å². The van der Waals surface area contributed by atoms with Crippen molar-refractivity contribution < 1.29 is 0 Å². The lowest BCUT2D eigenvalue weighted by molar-refractivity contribution is 0.401. The van der Waals surface area contributed by atoms with Crippen LogP contribution in [0.15, 0.2) is 89.1 Å². The van der Waals surface area contributed by atoms with E-state index in [1.165, 1.54) is 18.8 Å². The number of fused-ring (bicyclic) bond motifs is 2. The predicted octanol–water partition coefficient (Wildman–Crippen LogP) is 6.17. The monoisotopic (exact) mass is 575 g/mol. The van der Waals surface area contributed by atoms with Crippen molar-refractivity contribution in [3.8, 4) is 16.8 Å². The third kappa shape index (κ3) is 4.33. The Kier molecular flexibility index (Phi) is 6.51. The van der Waals surface area contributed by atoms with Gasteiger partial charge in [0.2, 0.25) is 0 Å². The molecule has 1 aliphatic rings. The van der Waals surface area contributed by atoms with E-state index in [-0.39, 0.29) is 11.0 Å². The highest BCUT2D eigenvalue weighted by Crippen LogP contribution is 2.37. The summed E-state index contributed by atoms with van der Waals surface area (Å²) < 4.78 is 1.63. The van der Waals surface area contributed by atoms with E-state index in [1.54, 1.807) is 23.2 Å². The van der Waals surface area contributed by atoms with Gasteiger partial charge in [-0.3, -0.25) is 14.2 Å². The van der Waals surface area contributed by atoms with Crippen molar-refractivity contribution in [2.45, 2.75) is 38.1 Å². The molecule has 2 aromatic carbocycles. The molecule has 4 aromatic heterocycles. The van der Waals surface area contributed by atoms with E-state index in [1.807, 2.05) is 55.5 Å². The van der Waals surface area contributed by atoms with E-state index in [2.05, 4.69) is 30.2 Å². The Bertz CT molecular complexity index is 2070. The van der Waals surface area contributed by atoms with Gasteiger partial charge in [-0.15, -0.1) is 0 Å². The number of rotatable bonds is 6. The summed E-state index contributed by atoms with van der Waals surface area (Å²) in [5.74, 6) is 1.61. The Balaban J connectivity index is 1.42. The molecule has 7 rings (SSSR count). The lowest BCUT2D eigenvalue weighted by atomic mass is 9.85. The summed E-state index contributed by atoms with van der Waals surface area (Å²) in [5, 5.41) is 5.15. The number of pyridine rings is 2. The molecule has 0 unspecified atom stereocenters. The summed E-state index contributed by atoms with van der Waals surface area (Å²) in [4.78, 5) is 48.0. The van der Waals surface area contributed by atoms with Gasteiger partial charge >= 0.3 is 0 Å². The summed E-state index contributed by atoms with van der Waals surface area (Å²) in [6, 6.07) is 15.9. The molecular weight excluding hydrogens is 550 g/mol. The number of H-pyrrole nitrogens is 1. The highest BCUT2D eigenvalue weighted by atomic mass is 35.5. The van der Waals surface area contributed by atoms with Crippen LogP contribution in [0.5, 0.6) is 0 Å². The van der Waals surface area contributed by atoms with Crippen LogP contribution in [-0.4, -0.2) is 29.5 Å². The van der Waals surface area contributed by atoms with Crippen LogP contribution in [0.25, 0.3) is 38.6 Å². The first kappa shape index (κ1) is 26.0. The minimum Gasteiger partial charge on any atom is -0.361 e. The average molecular weight is 576 g/mol. The third-order valence-electron chi connectivity index (χ3n) is 7.96. The molecule has 1 saturated carbocycles. The average Bonchev–Trinajstić information content (AvgIpc) is 2.98. The summed E-state index contributed by atoms with van der Waals surface area (Å²) in [6.45, 7) is 1.88. The second-order valence-corrected chi connectivity index (χ2v) is 10.9. The normalized spacial score (nSPS) is 14.1. The lowest BCUT2D eigenvalue weighted by Gasteiger charge is -2.24. The van der Waals surface area contributed by atoms with Gasteiger partial charge in [0.1, 0.15) is 29.0 Å². The van der Waals surface area contributed by atoms with E-state index < -0.39 is 6.04 Å². The van der Waals surface area contributed by atoms with Crippen LogP contribution in [-0.2, 0) is 0 Å². The number of aromatic nitrogens is 6. The minimum absolute atomic E-state index is 0.223. The number of nitrogens with zero attached hydrogens (tertiary/aromatic N) is 5. The zero-order chi connectivity index (χ0) is 28.8. The summed E-state index contributed by atoms with van der Waals surface area (Å²) >= 11 is 7.20. The van der Waals surface area contributed by atoms with Crippen LogP contribution in [0.4, 0.5) is 5.82 Å². The number of hydrogen-bond acceptors (Lipinski definition) is 7. The second kappa shape index (κ2) is 10.5. The van der Waals surface area contributed by atoms with Crippen molar-refractivity contribution in [2.24, 2.45) is 0 Å². The zero-order valence-corrected chi connectivity index (χ0v) is 23.5. The highest BCUT2D eigenvalue weighted by molar-refractivity contribution is 6.36. The van der Waals surface area contributed by atoms with Crippen LogP contribution in [0, 0.1) is 0 Å². The van der Waals surface area contributed by atoms with Crippen molar-refractivity contribution >= 4 is 39.2 Å². The highest BCUT2D eigenvalue weighted by Gasteiger charge is 2.25. The molecule has 42 heavy (non-hydrogen) atoms. The fraction of sp³-hybridized carbons (Fsp3) is 0.188. The van der Waals surface area contributed by atoms with Crippen LogP contribution >= 0.6 is 11.6 Å². The number of anilines is 1. The summed E-state index contributed by atoms with van der Waals surface area (Å²) in [7, 11) is 0. The molecular formula is C32H26ClN7O2. The molecule has 1 aliphatic carbocycles. The van der Waals surface area contributed by atoms with E-state index >= 15 is 0 Å². The molecule has 6 aromatic rings. The number of benzene rings is 2. The molecule has 0 aliphatic heterocycles. The van der Waals surface area contributed by atoms with Gasteiger partial charge in [0, 0.05) is 47.2 Å². The fourth-order valence-corrected chi connectivity index (χ4v) is 6.03. The van der Waals surface area contributed by atoms with Gasteiger partial charge in [-0.25, -0.2) is 19.9 Å². The van der Waals surface area contributed by atoms with E-state index in [4.69, 9.17) is 11.6 Å².